The van der Waals surface area contributed by atoms with E-state index in [9.17, 15) is 13.2 Å². The second-order valence-electron chi connectivity index (χ2n) is 6.99. The topological polar surface area (TPSA) is 60.4 Å². The van der Waals surface area contributed by atoms with Crippen LogP contribution in [0.4, 0.5) is 0 Å². The number of sulfone groups is 1. The van der Waals surface area contributed by atoms with Crippen LogP contribution < -0.4 is 0 Å². The summed E-state index contributed by atoms with van der Waals surface area (Å²) in [4.78, 5) is 12.3. The average Bonchev–Trinajstić information content (AvgIpc) is 2.68. The van der Waals surface area contributed by atoms with E-state index in [-0.39, 0.29) is 17.5 Å². The summed E-state index contributed by atoms with van der Waals surface area (Å²) in [6, 6.07) is 18.5. The molecule has 26 heavy (non-hydrogen) atoms. The van der Waals surface area contributed by atoms with E-state index >= 15 is 0 Å². The third kappa shape index (κ3) is 4.15. The van der Waals surface area contributed by atoms with Crippen LogP contribution in [0.15, 0.2) is 54.6 Å². The summed E-state index contributed by atoms with van der Waals surface area (Å²) < 4.78 is 28.5. The van der Waals surface area contributed by atoms with Gasteiger partial charge in [0, 0.05) is 0 Å². The van der Waals surface area contributed by atoms with Crippen molar-refractivity contribution in [2.75, 3.05) is 18.6 Å². The lowest BCUT2D eigenvalue weighted by Gasteiger charge is -2.34. The Labute approximate surface area is 155 Å². The molecule has 0 N–H and O–H groups in total. The van der Waals surface area contributed by atoms with Crippen molar-refractivity contribution in [3.05, 3.63) is 60.2 Å². The number of esters is 1. The zero-order valence-corrected chi connectivity index (χ0v) is 15.8. The molecule has 0 bridgehead atoms. The van der Waals surface area contributed by atoms with Gasteiger partial charge in [-0.15, -0.1) is 0 Å². The standard InChI is InChI=1S/C21H24O4S/c1-25-20(22)21(13-15-26(23,24)16-14-21)12-11-17-7-9-19(10-8-17)18-5-3-2-4-6-18/h2-10H,11-16H2,1H3. The minimum atomic E-state index is -3.02. The molecule has 1 heterocycles. The number of ether oxygens (including phenoxy) is 1. The van der Waals surface area contributed by atoms with Crippen LogP contribution in [0.3, 0.4) is 0 Å². The van der Waals surface area contributed by atoms with Gasteiger partial charge in [-0.25, -0.2) is 8.42 Å². The van der Waals surface area contributed by atoms with Gasteiger partial charge < -0.3 is 4.74 Å². The van der Waals surface area contributed by atoms with Gasteiger partial charge in [-0.05, 0) is 42.4 Å². The maximum Gasteiger partial charge on any atom is 0.311 e. The minimum absolute atomic E-state index is 0.0645. The van der Waals surface area contributed by atoms with Crippen molar-refractivity contribution in [2.24, 2.45) is 5.41 Å². The summed E-state index contributed by atoms with van der Waals surface area (Å²) in [6.45, 7) is 0. The Morgan fingerprint density at radius 1 is 0.962 bits per heavy atom. The monoisotopic (exact) mass is 372 g/mol. The predicted molar refractivity (Wildman–Crippen MR) is 103 cm³/mol. The third-order valence-electron chi connectivity index (χ3n) is 5.35. The molecule has 5 heteroatoms. The predicted octanol–water partition coefficient (Wildman–Crippen LogP) is 3.65. The fourth-order valence-corrected chi connectivity index (χ4v) is 5.19. The number of carbonyl (C=O) groups excluding carboxylic acids is 1. The molecule has 0 aliphatic carbocycles. The molecule has 1 fully saturated rings. The Bertz CT molecular complexity index is 841. The highest BCUT2D eigenvalue weighted by molar-refractivity contribution is 7.91. The van der Waals surface area contributed by atoms with Gasteiger partial charge in [-0.1, -0.05) is 54.6 Å². The summed E-state index contributed by atoms with van der Waals surface area (Å²) in [7, 11) is -1.65. The van der Waals surface area contributed by atoms with Crippen LogP contribution in [-0.2, 0) is 25.8 Å². The van der Waals surface area contributed by atoms with E-state index < -0.39 is 15.3 Å². The van der Waals surface area contributed by atoms with Crippen LogP contribution in [0.5, 0.6) is 0 Å². The number of carbonyl (C=O) groups is 1. The van der Waals surface area contributed by atoms with Gasteiger partial charge in [0.25, 0.3) is 0 Å². The number of hydrogen-bond acceptors (Lipinski definition) is 4. The van der Waals surface area contributed by atoms with E-state index in [1.807, 2.05) is 18.2 Å². The Hall–Kier alpha value is -2.14. The first-order valence-corrected chi connectivity index (χ1v) is 10.7. The van der Waals surface area contributed by atoms with Gasteiger partial charge in [-0.3, -0.25) is 4.79 Å². The molecular weight excluding hydrogens is 348 g/mol. The molecule has 0 spiro atoms. The zero-order valence-electron chi connectivity index (χ0n) is 15.0. The van der Waals surface area contributed by atoms with Crippen molar-refractivity contribution in [3.63, 3.8) is 0 Å². The quantitative estimate of drug-likeness (QED) is 0.752. The number of methoxy groups -OCH3 is 1. The first-order chi connectivity index (χ1) is 12.4. The molecular formula is C21H24O4S. The highest BCUT2D eigenvalue weighted by Crippen LogP contribution is 2.38. The SMILES string of the molecule is COC(=O)C1(CCc2ccc(-c3ccccc3)cc2)CCS(=O)(=O)CC1. The van der Waals surface area contributed by atoms with Gasteiger partial charge in [0.2, 0.25) is 0 Å². The van der Waals surface area contributed by atoms with Gasteiger partial charge in [0.1, 0.15) is 9.84 Å². The number of aryl methyl sites for hydroxylation is 1. The average molecular weight is 372 g/mol. The molecule has 0 radical (unpaired) electrons. The summed E-state index contributed by atoms with van der Waals surface area (Å²) in [5.74, 6) is -0.155. The van der Waals surface area contributed by atoms with Crippen LogP contribution >= 0.6 is 0 Å². The van der Waals surface area contributed by atoms with Crippen molar-refractivity contribution in [1.29, 1.82) is 0 Å². The fourth-order valence-electron chi connectivity index (χ4n) is 3.58. The molecule has 0 aromatic heterocycles. The maximum absolute atomic E-state index is 12.3. The maximum atomic E-state index is 12.3. The lowest BCUT2D eigenvalue weighted by atomic mass is 9.77. The van der Waals surface area contributed by atoms with Crippen molar-refractivity contribution in [2.45, 2.75) is 25.7 Å². The molecule has 2 aromatic carbocycles. The Balaban J connectivity index is 1.70. The second-order valence-corrected chi connectivity index (χ2v) is 9.29. The van der Waals surface area contributed by atoms with Gasteiger partial charge >= 0.3 is 5.97 Å². The molecule has 0 saturated carbocycles. The van der Waals surface area contributed by atoms with Gasteiger partial charge in [-0.2, -0.15) is 0 Å². The number of hydrogen-bond donors (Lipinski definition) is 0. The second kappa shape index (κ2) is 7.62. The van der Waals surface area contributed by atoms with Crippen molar-refractivity contribution in [3.8, 4) is 11.1 Å². The molecule has 1 aliphatic heterocycles. The Morgan fingerprint density at radius 3 is 2.12 bits per heavy atom. The molecule has 3 rings (SSSR count). The molecule has 0 unspecified atom stereocenters. The first kappa shape index (κ1) is 18.6. The molecule has 4 nitrogen and oxygen atoms in total. The molecule has 1 aliphatic rings. The fraction of sp³-hybridized carbons (Fsp3) is 0.381. The van der Waals surface area contributed by atoms with Crippen molar-refractivity contribution < 1.29 is 17.9 Å². The van der Waals surface area contributed by atoms with Crippen LogP contribution in [-0.4, -0.2) is 33.0 Å². The molecule has 138 valence electrons. The summed E-state index contributed by atoms with van der Waals surface area (Å²) >= 11 is 0. The van der Waals surface area contributed by atoms with Crippen molar-refractivity contribution in [1.82, 2.24) is 0 Å². The molecule has 1 saturated heterocycles. The smallest absolute Gasteiger partial charge is 0.311 e. The van der Waals surface area contributed by atoms with E-state index in [1.165, 1.54) is 12.7 Å². The largest absolute Gasteiger partial charge is 0.469 e. The van der Waals surface area contributed by atoms with E-state index in [0.717, 1.165) is 17.5 Å². The number of benzene rings is 2. The van der Waals surface area contributed by atoms with E-state index in [0.29, 0.717) is 19.3 Å². The minimum Gasteiger partial charge on any atom is -0.469 e. The summed E-state index contributed by atoms with van der Waals surface area (Å²) in [6.07, 6.45) is 2.04. The van der Waals surface area contributed by atoms with E-state index in [2.05, 4.69) is 36.4 Å². The third-order valence-corrected chi connectivity index (χ3v) is 7.01. The molecule has 2 aromatic rings. The van der Waals surface area contributed by atoms with Crippen LogP contribution in [0, 0.1) is 5.41 Å². The van der Waals surface area contributed by atoms with E-state index in [4.69, 9.17) is 4.74 Å². The molecule has 0 atom stereocenters. The lowest BCUT2D eigenvalue weighted by Crippen LogP contribution is -2.41. The van der Waals surface area contributed by atoms with E-state index in [1.54, 1.807) is 0 Å². The highest BCUT2D eigenvalue weighted by Gasteiger charge is 2.43. The van der Waals surface area contributed by atoms with Crippen LogP contribution in [0.2, 0.25) is 0 Å². The summed E-state index contributed by atoms with van der Waals surface area (Å²) in [5.41, 5.74) is 2.78. The Morgan fingerprint density at radius 2 is 1.54 bits per heavy atom. The number of rotatable bonds is 5. The van der Waals surface area contributed by atoms with Crippen LogP contribution in [0.25, 0.3) is 11.1 Å². The first-order valence-electron chi connectivity index (χ1n) is 8.87. The normalized spacial score (nSPS) is 18.2. The van der Waals surface area contributed by atoms with Gasteiger partial charge in [0.05, 0.1) is 24.0 Å². The van der Waals surface area contributed by atoms with Crippen molar-refractivity contribution >= 4 is 15.8 Å². The zero-order chi connectivity index (χ0) is 18.6. The molecule has 0 amide bonds. The summed E-state index contributed by atoms with van der Waals surface area (Å²) in [5, 5.41) is 0. The Kier molecular flexibility index (Phi) is 5.47. The highest BCUT2D eigenvalue weighted by atomic mass is 32.2. The van der Waals surface area contributed by atoms with Crippen LogP contribution in [0.1, 0.15) is 24.8 Å². The van der Waals surface area contributed by atoms with Gasteiger partial charge in [0.15, 0.2) is 0 Å². The lowest BCUT2D eigenvalue weighted by molar-refractivity contribution is -0.153.